The Morgan fingerprint density at radius 1 is 1.00 bits per heavy atom. The van der Waals surface area contributed by atoms with Crippen molar-refractivity contribution in [2.75, 3.05) is 37.7 Å². The van der Waals surface area contributed by atoms with Gasteiger partial charge in [-0.25, -0.2) is 0 Å². The van der Waals surface area contributed by atoms with Crippen LogP contribution in [0.25, 0.3) is 0 Å². The highest BCUT2D eigenvalue weighted by Gasteiger charge is 2.43. The molecule has 146 valence electrons. The van der Waals surface area contributed by atoms with Gasteiger partial charge in [0.25, 0.3) is 0 Å². The average Bonchev–Trinajstić information content (AvgIpc) is 3.34. The van der Waals surface area contributed by atoms with Gasteiger partial charge in [-0.1, -0.05) is 36.4 Å². The van der Waals surface area contributed by atoms with Crippen LogP contribution in [-0.4, -0.2) is 43.7 Å². The molecule has 0 saturated carbocycles. The van der Waals surface area contributed by atoms with E-state index in [1.54, 1.807) is 16.8 Å². The molecule has 0 bridgehead atoms. The normalized spacial score (nSPS) is 25.2. The Labute approximate surface area is 168 Å². The van der Waals surface area contributed by atoms with E-state index >= 15 is 0 Å². The quantitative estimate of drug-likeness (QED) is 0.799. The molecule has 4 heterocycles. The van der Waals surface area contributed by atoms with Crippen molar-refractivity contribution in [2.45, 2.75) is 50.5 Å². The van der Waals surface area contributed by atoms with Crippen LogP contribution in [0, 0.1) is 0 Å². The number of likely N-dealkylation sites (tertiary alicyclic amines) is 1. The van der Waals surface area contributed by atoms with Crippen molar-refractivity contribution >= 4 is 5.69 Å². The predicted octanol–water partition coefficient (Wildman–Crippen LogP) is 4.18. The summed E-state index contributed by atoms with van der Waals surface area (Å²) in [6.07, 6.45) is 7.37. The van der Waals surface area contributed by atoms with Crippen molar-refractivity contribution < 1.29 is 4.74 Å². The van der Waals surface area contributed by atoms with E-state index in [-0.39, 0.29) is 0 Å². The maximum atomic E-state index is 5.89. The summed E-state index contributed by atoms with van der Waals surface area (Å²) < 4.78 is 5.89. The van der Waals surface area contributed by atoms with E-state index < -0.39 is 0 Å². The molecule has 6 rings (SSSR count). The smallest absolute Gasteiger partial charge is 0.125 e. The number of nitrogens with zero attached hydrogens (tertiary/aromatic N) is 2. The number of piperidine rings is 1. The van der Waals surface area contributed by atoms with E-state index in [1.807, 2.05) is 0 Å². The van der Waals surface area contributed by atoms with Crippen molar-refractivity contribution in [2.24, 2.45) is 0 Å². The van der Waals surface area contributed by atoms with Crippen LogP contribution in [-0.2, 0) is 19.3 Å². The minimum atomic E-state index is 0.714. The molecule has 0 spiro atoms. The Hall–Kier alpha value is -2.00. The van der Waals surface area contributed by atoms with Gasteiger partial charge in [0.15, 0.2) is 0 Å². The molecule has 1 fully saturated rings. The molecule has 3 nitrogen and oxygen atoms in total. The number of hydrogen-bond donors (Lipinski definition) is 0. The number of aryl methyl sites for hydroxylation is 2. The first-order valence-electron chi connectivity index (χ1n) is 11.2. The summed E-state index contributed by atoms with van der Waals surface area (Å²) >= 11 is 0. The first-order valence-corrected chi connectivity index (χ1v) is 11.2. The molecule has 0 N–H and O–H groups in total. The van der Waals surface area contributed by atoms with Gasteiger partial charge in [0, 0.05) is 43.7 Å². The molecule has 0 amide bonds. The third-order valence-corrected chi connectivity index (χ3v) is 7.46. The summed E-state index contributed by atoms with van der Waals surface area (Å²) in [6, 6.07) is 14.5. The summed E-state index contributed by atoms with van der Waals surface area (Å²) in [5.41, 5.74) is 7.67. The SMILES string of the molecule is c1cc(CCCN2CC[C@H]3[C@@H](C2)c2cccc4c2N3CCC4)c2c(c1)CCO2. The monoisotopic (exact) mass is 374 g/mol. The molecular weight excluding hydrogens is 344 g/mol. The molecule has 2 aromatic carbocycles. The highest BCUT2D eigenvalue weighted by atomic mass is 16.5. The van der Waals surface area contributed by atoms with Crippen molar-refractivity contribution in [3.8, 4) is 5.75 Å². The maximum Gasteiger partial charge on any atom is 0.125 e. The van der Waals surface area contributed by atoms with Crippen LogP contribution in [0.15, 0.2) is 36.4 Å². The van der Waals surface area contributed by atoms with Crippen molar-refractivity contribution in [1.29, 1.82) is 0 Å². The lowest BCUT2D eigenvalue weighted by molar-refractivity contribution is 0.191. The van der Waals surface area contributed by atoms with E-state index in [1.165, 1.54) is 68.7 Å². The van der Waals surface area contributed by atoms with Crippen molar-refractivity contribution in [3.63, 3.8) is 0 Å². The Bertz CT molecular complexity index is 892. The fourth-order valence-corrected chi connectivity index (χ4v) is 6.21. The topological polar surface area (TPSA) is 15.7 Å². The van der Waals surface area contributed by atoms with Crippen LogP contribution in [0.1, 0.15) is 47.4 Å². The lowest BCUT2D eigenvalue weighted by Gasteiger charge is -2.40. The van der Waals surface area contributed by atoms with Crippen LogP contribution in [0.2, 0.25) is 0 Å². The summed E-state index contributed by atoms with van der Waals surface area (Å²) in [5, 5.41) is 0. The average molecular weight is 375 g/mol. The summed E-state index contributed by atoms with van der Waals surface area (Å²) in [7, 11) is 0. The highest BCUT2D eigenvalue weighted by Crippen LogP contribution is 2.48. The number of para-hydroxylation sites is 2. The fourth-order valence-electron chi connectivity index (χ4n) is 6.21. The van der Waals surface area contributed by atoms with Crippen LogP contribution in [0.5, 0.6) is 5.75 Å². The minimum absolute atomic E-state index is 0.714. The molecule has 3 heteroatoms. The summed E-state index contributed by atoms with van der Waals surface area (Å²) in [4.78, 5) is 5.49. The number of ether oxygens (including phenoxy) is 1. The van der Waals surface area contributed by atoms with Crippen LogP contribution >= 0.6 is 0 Å². The molecule has 0 unspecified atom stereocenters. The van der Waals surface area contributed by atoms with Gasteiger partial charge < -0.3 is 14.5 Å². The number of rotatable bonds is 4. The Morgan fingerprint density at radius 2 is 1.93 bits per heavy atom. The maximum absolute atomic E-state index is 5.89. The first kappa shape index (κ1) is 16.9. The molecule has 2 aromatic rings. The van der Waals surface area contributed by atoms with Crippen molar-refractivity contribution in [3.05, 3.63) is 58.7 Å². The van der Waals surface area contributed by atoms with Crippen LogP contribution in [0.4, 0.5) is 5.69 Å². The van der Waals surface area contributed by atoms with Gasteiger partial charge in [-0.2, -0.15) is 0 Å². The second-order valence-corrected chi connectivity index (χ2v) is 9.02. The second-order valence-electron chi connectivity index (χ2n) is 9.02. The van der Waals surface area contributed by atoms with Crippen LogP contribution in [0.3, 0.4) is 0 Å². The zero-order valence-electron chi connectivity index (χ0n) is 16.7. The van der Waals surface area contributed by atoms with E-state index in [0.29, 0.717) is 5.92 Å². The van der Waals surface area contributed by atoms with Gasteiger partial charge in [-0.15, -0.1) is 0 Å². The minimum Gasteiger partial charge on any atom is -0.493 e. The lowest BCUT2D eigenvalue weighted by atomic mass is 9.88. The zero-order chi connectivity index (χ0) is 18.5. The van der Waals surface area contributed by atoms with E-state index in [9.17, 15) is 0 Å². The fraction of sp³-hybridized carbons (Fsp3) is 0.520. The summed E-state index contributed by atoms with van der Waals surface area (Å²) in [6.45, 7) is 5.83. The van der Waals surface area contributed by atoms with Gasteiger partial charge in [-0.05, 0) is 60.9 Å². The van der Waals surface area contributed by atoms with Gasteiger partial charge in [0.2, 0.25) is 0 Å². The van der Waals surface area contributed by atoms with E-state index in [0.717, 1.165) is 25.5 Å². The highest BCUT2D eigenvalue weighted by molar-refractivity contribution is 5.68. The third kappa shape index (κ3) is 2.67. The van der Waals surface area contributed by atoms with Gasteiger partial charge >= 0.3 is 0 Å². The number of fused-ring (bicyclic) bond motifs is 4. The van der Waals surface area contributed by atoms with E-state index in [4.69, 9.17) is 4.74 Å². The Kier molecular flexibility index (Phi) is 4.11. The number of anilines is 1. The molecule has 0 radical (unpaired) electrons. The first-order chi connectivity index (χ1) is 13.9. The molecule has 4 aliphatic rings. The standard InChI is InChI=1S/C25H30N2O/c1-6-19(25-20(7-1)12-16-28-25)9-3-13-26-15-11-23-22(17-26)21-10-2-5-18-8-4-14-27(23)24(18)21/h1-2,5-7,10,22-23H,3-4,8-9,11-17H2/t22-,23-/m0/s1. The molecule has 28 heavy (non-hydrogen) atoms. The molecule has 4 aliphatic heterocycles. The second kappa shape index (κ2) is 6.81. The number of benzene rings is 2. The lowest BCUT2D eigenvalue weighted by Crippen LogP contribution is -2.47. The van der Waals surface area contributed by atoms with E-state index in [2.05, 4.69) is 46.2 Å². The summed E-state index contributed by atoms with van der Waals surface area (Å²) in [5.74, 6) is 1.90. The molecule has 2 atom stereocenters. The predicted molar refractivity (Wildman–Crippen MR) is 114 cm³/mol. The van der Waals surface area contributed by atoms with Gasteiger partial charge in [-0.3, -0.25) is 0 Å². The number of hydrogen-bond acceptors (Lipinski definition) is 3. The van der Waals surface area contributed by atoms with Crippen LogP contribution < -0.4 is 9.64 Å². The molecule has 0 aromatic heterocycles. The Balaban J connectivity index is 1.13. The van der Waals surface area contributed by atoms with Crippen molar-refractivity contribution in [1.82, 2.24) is 4.90 Å². The van der Waals surface area contributed by atoms with Gasteiger partial charge in [0.05, 0.1) is 6.61 Å². The zero-order valence-corrected chi connectivity index (χ0v) is 16.7. The third-order valence-electron chi connectivity index (χ3n) is 7.46. The molecule has 0 aliphatic carbocycles. The Morgan fingerprint density at radius 3 is 2.93 bits per heavy atom. The molecule has 1 saturated heterocycles. The molecular formula is C25H30N2O. The largest absolute Gasteiger partial charge is 0.493 e. The van der Waals surface area contributed by atoms with Gasteiger partial charge in [0.1, 0.15) is 5.75 Å².